The van der Waals surface area contributed by atoms with Gasteiger partial charge in [-0.05, 0) is 31.0 Å². The fourth-order valence-electron chi connectivity index (χ4n) is 2.59. The molecule has 0 aliphatic carbocycles. The van der Waals surface area contributed by atoms with Crippen LogP contribution >= 0.6 is 0 Å². The summed E-state index contributed by atoms with van der Waals surface area (Å²) in [5.41, 5.74) is 2.24. The number of imidazole rings is 1. The first-order valence-electron chi connectivity index (χ1n) is 6.74. The monoisotopic (exact) mass is 275 g/mol. The number of hydrogen-bond donors (Lipinski definition) is 3. The molecule has 1 saturated heterocycles. The van der Waals surface area contributed by atoms with E-state index in [0.29, 0.717) is 13.2 Å². The zero-order valence-corrected chi connectivity index (χ0v) is 11.2. The number of ether oxygens (including phenoxy) is 1. The largest absolute Gasteiger partial charge is 0.378 e. The second kappa shape index (κ2) is 5.13. The number of fused-ring (bicyclic) bond motifs is 1. The molecule has 0 radical (unpaired) electrons. The van der Waals surface area contributed by atoms with E-state index < -0.39 is 0 Å². The summed E-state index contributed by atoms with van der Waals surface area (Å²) in [5.74, 6) is -0.0385. The van der Waals surface area contributed by atoms with Gasteiger partial charge in [-0.25, -0.2) is 4.79 Å². The highest BCUT2D eigenvalue weighted by molar-refractivity contribution is 5.80. The summed E-state index contributed by atoms with van der Waals surface area (Å²) >= 11 is 0. The lowest BCUT2D eigenvalue weighted by atomic mass is 10.0. The molecule has 1 aromatic carbocycles. The lowest BCUT2D eigenvalue weighted by Gasteiger charge is -2.14. The van der Waals surface area contributed by atoms with E-state index in [1.165, 1.54) is 0 Å². The number of H-pyrrole nitrogens is 2. The van der Waals surface area contributed by atoms with Gasteiger partial charge in [0.15, 0.2) is 0 Å². The summed E-state index contributed by atoms with van der Waals surface area (Å²) in [7, 11) is 0. The minimum atomic E-state index is -0.224. The second-order valence-corrected chi connectivity index (χ2v) is 5.15. The minimum Gasteiger partial charge on any atom is -0.378 e. The third-order valence-electron chi connectivity index (χ3n) is 3.76. The molecule has 106 valence electrons. The molecule has 6 heteroatoms. The lowest BCUT2D eigenvalue weighted by molar-refractivity contribution is -0.126. The SMILES string of the molecule is C[C@@H]1OCC[C@H]1C(=O)NCc1ccc2[nH]c(=O)[nH]c2c1. The van der Waals surface area contributed by atoms with Crippen molar-refractivity contribution in [2.24, 2.45) is 5.92 Å². The van der Waals surface area contributed by atoms with Crippen LogP contribution in [0.15, 0.2) is 23.0 Å². The van der Waals surface area contributed by atoms with Gasteiger partial charge in [0, 0.05) is 13.2 Å². The van der Waals surface area contributed by atoms with Gasteiger partial charge in [0.25, 0.3) is 0 Å². The van der Waals surface area contributed by atoms with Gasteiger partial charge in [0.2, 0.25) is 5.91 Å². The third kappa shape index (κ3) is 2.46. The van der Waals surface area contributed by atoms with Crippen LogP contribution < -0.4 is 11.0 Å². The van der Waals surface area contributed by atoms with Gasteiger partial charge in [0.1, 0.15) is 0 Å². The highest BCUT2D eigenvalue weighted by Crippen LogP contribution is 2.20. The van der Waals surface area contributed by atoms with Crippen molar-refractivity contribution in [3.8, 4) is 0 Å². The van der Waals surface area contributed by atoms with E-state index in [-0.39, 0.29) is 23.6 Å². The predicted octanol–water partition coefficient (Wildman–Crippen LogP) is 0.897. The van der Waals surface area contributed by atoms with Crippen LogP contribution in [-0.4, -0.2) is 28.6 Å². The molecule has 2 atom stereocenters. The molecule has 1 aromatic heterocycles. The molecule has 1 aliphatic heterocycles. The normalized spacial score (nSPS) is 22.2. The summed E-state index contributed by atoms with van der Waals surface area (Å²) in [6.07, 6.45) is 0.760. The first-order valence-corrected chi connectivity index (χ1v) is 6.74. The number of carbonyl (C=O) groups excluding carboxylic acids is 1. The minimum absolute atomic E-state index is 0.0153. The van der Waals surface area contributed by atoms with E-state index >= 15 is 0 Å². The van der Waals surface area contributed by atoms with Crippen LogP contribution in [0.4, 0.5) is 0 Å². The molecule has 6 nitrogen and oxygen atoms in total. The van der Waals surface area contributed by atoms with Crippen LogP contribution in [0.3, 0.4) is 0 Å². The maximum atomic E-state index is 12.0. The van der Waals surface area contributed by atoms with Crippen LogP contribution in [0.1, 0.15) is 18.9 Å². The van der Waals surface area contributed by atoms with E-state index in [1.54, 1.807) is 0 Å². The smallest absolute Gasteiger partial charge is 0.323 e. The quantitative estimate of drug-likeness (QED) is 0.777. The maximum absolute atomic E-state index is 12.0. The van der Waals surface area contributed by atoms with Gasteiger partial charge in [-0.1, -0.05) is 6.07 Å². The van der Waals surface area contributed by atoms with Crippen molar-refractivity contribution in [3.05, 3.63) is 34.2 Å². The van der Waals surface area contributed by atoms with Gasteiger partial charge < -0.3 is 20.0 Å². The van der Waals surface area contributed by atoms with Crippen molar-refractivity contribution in [1.29, 1.82) is 0 Å². The molecule has 1 aliphatic rings. The number of amides is 1. The number of rotatable bonds is 3. The first-order chi connectivity index (χ1) is 9.63. The summed E-state index contributed by atoms with van der Waals surface area (Å²) < 4.78 is 5.39. The molecule has 0 spiro atoms. The number of benzene rings is 1. The highest BCUT2D eigenvalue weighted by Gasteiger charge is 2.30. The van der Waals surface area contributed by atoms with Gasteiger partial charge in [-0.3, -0.25) is 4.79 Å². The lowest BCUT2D eigenvalue weighted by Crippen LogP contribution is -2.33. The number of nitrogens with one attached hydrogen (secondary N) is 3. The van der Waals surface area contributed by atoms with Crippen LogP contribution in [0, 0.1) is 5.92 Å². The van der Waals surface area contributed by atoms with Crippen molar-refractivity contribution in [3.63, 3.8) is 0 Å². The Hall–Kier alpha value is -2.08. The molecule has 3 N–H and O–H groups in total. The fraction of sp³-hybridized carbons (Fsp3) is 0.429. The van der Waals surface area contributed by atoms with Crippen molar-refractivity contribution < 1.29 is 9.53 Å². The van der Waals surface area contributed by atoms with E-state index in [9.17, 15) is 9.59 Å². The van der Waals surface area contributed by atoms with E-state index in [0.717, 1.165) is 23.0 Å². The Bertz CT molecular complexity index is 688. The van der Waals surface area contributed by atoms with Crippen LogP contribution in [0.2, 0.25) is 0 Å². The molecule has 0 unspecified atom stereocenters. The molecule has 1 fully saturated rings. The average Bonchev–Trinajstić information content (AvgIpc) is 3.00. The van der Waals surface area contributed by atoms with Crippen LogP contribution in [0.5, 0.6) is 0 Å². The van der Waals surface area contributed by atoms with Gasteiger partial charge in [0.05, 0.1) is 23.1 Å². The highest BCUT2D eigenvalue weighted by atomic mass is 16.5. The molecule has 20 heavy (non-hydrogen) atoms. The molecule has 3 rings (SSSR count). The predicted molar refractivity (Wildman–Crippen MR) is 74.3 cm³/mol. The number of hydrogen-bond acceptors (Lipinski definition) is 3. The topological polar surface area (TPSA) is 87.0 Å². The van der Waals surface area contributed by atoms with Crippen LogP contribution in [0.25, 0.3) is 11.0 Å². The van der Waals surface area contributed by atoms with E-state index in [4.69, 9.17) is 4.74 Å². The zero-order chi connectivity index (χ0) is 14.1. The molecular weight excluding hydrogens is 258 g/mol. The Morgan fingerprint density at radius 2 is 2.20 bits per heavy atom. The molecule has 0 bridgehead atoms. The molecular formula is C14H17N3O3. The Balaban J connectivity index is 1.67. The fourth-order valence-corrected chi connectivity index (χ4v) is 2.59. The Kier molecular flexibility index (Phi) is 3.31. The van der Waals surface area contributed by atoms with Crippen LogP contribution in [-0.2, 0) is 16.1 Å². The van der Waals surface area contributed by atoms with Crippen molar-refractivity contribution in [1.82, 2.24) is 15.3 Å². The number of aromatic nitrogens is 2. The number of carbonyl (C=O) groups is 1. The molecule has 2 heterocycles. The Morgan fingerprint density at radius 1 is 1.40 bits per heavy atom. The molecule has 0 saturated carbocycles. The maximum Gasteiger partial charge on any atom is 0.323 e. The summed E-state index contributed by atoms with van der Waals surface area (Å²) in [4.78, 5) is 28.6. The van der Waals surface area contributed by atoms with Crippen molar-refractivity contribution in [2.45, 2.75) is 26.0 Å². The standard InChI is InChI=1S/C14H17N3O3/c1-8-10(4-5-20-8)13(18)15-7-9-2-3-11-12(6-9)17-14(19)16-11/h2-3,6,8,10H,4-5,7H2,1H3,(H,15,18)(H2,16,17,19)/t8-,10+/m0/s1. The second-order valence-electron chi connectivity index (χ2n) is 5.15. The molecule has 2 aromatic rings. The Labute approximate surface area is 115 Å². The average molecular weight is 275 g/mol. The summed E-state index contributed by atoms with van der Waals surface area (Å²) in [6.45, 7) is 3.02. The van der Waals surface area contributed by atoms with E-state index in [1.807, 2.05) is 25.1 Å². The zero-order valence-electron chi connectivity index (χ0n) is 11.2. The number of aromatic amines is 2. The van der Waals surface area contributed by atoms with Gasteiger partial charge in [-0.15, -0.1) is 0 Å². The summed E-state index contributed by atoms with van der Waals surface area (Å²) in [5, 5.41) is 2.92. The van der Waals surface area contributed by atoms with Crippen molar-refractivity contribution in [2.75, 3.05) is 6.61 Å². The summed E-state index contributed by atoms with van der Waals surface area (Å²) in [6, 6.07) is 5.58. The van der Waals surface area contributed by atoms with Crippen molar-refractivity contribution >= 4 is 16.9 Å². The molecule has 1 amide bonds. The van der Waals surface area contributed by atoms with E-state index in [2.05, 4.69) is 15.3 Å². The third-order valence-corrected chi connectivity index (χ3v) is 3.76. The first kappa shape index (κ1) is 12.9. The van der Waals surface area contributed by atoms with Gasteiger partial charge >= 0.3 is 5.69 Å². The Morgan fingerprint density at radius 3 is 2.95 bits per heavy atom. The van der Waals surface area contributed by atoms with Gasteiger partial charge in [-0.2, -0.15) is 0 Å².